The van der Waals surface area contributed by atoms with Crippen molar-refractivity contribution in [1.82, 2.24) is 9.55 Å². The number of aromatic nitrogens is 2. The fourth-order valence-corrected chi connectivity index (χ4v) is 2.50. The smallest absolute Gasteiger partial charge is 0.330 e. The number of rotatable bonds is 4. The summed E-state index contributed by atoms with van der Waals surface area (Å²) >= 11 is 0. The number of nitrogens with one attached hydrogen (secondary N) is 1. The summed E-state index contributed by atoms with van der Waals surface area (Å²) in [7, 11) is 0. The molecule has 0 bridgehead atoms. The molecular weight excluding hydrogens is 312 g/mol. The summed E-state index contributed by atoms with van der Waals surface area (Å²) in [5, 5.41) is 30.6. The van der Waals surface area contributed by atoms with Gasteiger partial charge in [0.05, 0.1) is 0 Å². The molecule has 126 valence electrons. The third-order valence-corrected chi connectivity index (χ3v) is 3.83. The highest BCUT2D eigenvalue weighted by atomic mass is 16.6. The van der Waals surface area contributed by atoms with Crippen molar-refractivity contribution in [3.8, 4) is 0 Å². The van der Waals surface area contributed by atoms with Crippen molar-refractivity contribution in [3.05, 3.63) is 33.1 Å². The lowest BCUT2D eigenvalue weighted by molar-refractivity contribution is -0.162. The molecule has 1 aromatic rings. The number of H-pyrrole nitrogens is 1. The van der Waals surface area contributed by atoms with Crippen molar-refractivity contribution in [2.75, 3.05) is 0 Å². The molecule has 0 aliphatic carbocycles. The zero-order valence-corrected chi connectivity index (χ0v) is 12.3. The molecule has 10 nitrogen and oxygen atoms in total. The van der Waals surface area contributed by atoms with E-state index in [0.717, 1.165) is 30.7 Å². The minimum Gasteiger partial charge on any atom is -0.385 e. The van der Waals surface area contributed by atoms with Gasteiger partial charge in [-0.2, -0.15) is 0 Å². The normalized spacial score (nSPS) is 31.8. The molecule has 1 aliphatic heterocycles. The third kappa shape index (κ3) is 2.65. The highest BCUT2D eigenvalue weighted by molar-refractivity contribution is 5.89. The monoisotopic (exact) mass is 328 g/mol. The molecular formula is C13H16N2O8. The molecule has 1 saturated heterocycles. The summed E-state index contributed by atoms with van der Waals surface area (Å²) in [5.41, 5.74) is -4.24. The highest BCUT2D eigenvalue weighted by Gasteiger charge is 2.62. The van der Waals surface area contributed by atoms with Crippen molar-refractivity contribution >= 4 is 11.6 Å². The van der Waals surface area contributed by atoms with Crippen LogP contribution >= 0.6 is 0 Å². The largest absolute Gasteiger partial charge is 0.385 e. The lowest BCUT2D eigenvalue weighted by atomic mass is 9.84. The molecule has 1 unspecified atom stereocenters. The number of carbonyl (C=O) groups is 2. The average molecular weight is 328 g/mol. The SMILES string of the molecule is CC(=O)C(O)[C@H]1O[C@@H](n2ccc(=O)[nH]c2=O)[C@H](O)[C@@]1(O)C(C)=O. The zero-order chi connectivity index (χ0) is 17.5. The second kappa shape index (κ2) is 5.81. The summed E-state index contributed by atoms with van der Waals surface area (Å²) in [4.78, 5) is 47.9. The zero-order valence-electron chi connectivity index (χ0n) is 12.3. The number of hydrogen-bond donors (Lipinski definition) is 4. The second-order valence-electron chi connectivity index (χ2n) is 5.35. The van der Waals surface area contributed by atoms with E-state index < -0.39 is 53.0 Å². The van der Waals surface area contributed by atoms with Gasteiger partial charge in [-0.05, 0) is 13.8 Å². The molecule has 1 fully saturated rings. The van der Waals surface area contributed by atoms with Crippen molar-refractivity contribution < 1.29 is 29.6 Å². The Morgan fingerprint density at radius 3 is 2.48 bits per heavy atom. The van der Waals surface area contributed by atoms with E-state index >= 15 is 0 Å². The van der Waals surface area contributed by atoms with E-state index in [1.54, 1.807) is 0 Å². The molecule has 2 heterocycles. The Labute approximate surface area is 129 Å². The number of aliphatic hydroxyl groups excluding tert-OH is 2. The quantitative estimate of drug-likeness (QED) is 0.457. The fourth-order valence-electron chi connectivity index (χ4n) is 2.50. The summed E-state index contributed by atoms with van der Waals surface area (Å²) in [6.45, 7) is 1.96. The van der Waals surface area contributed by atoms with Gasteiger partial charge in [-0.15, -0.1) is 0 Å². The van der Waals surface area contributed by atoms with Gasteiger partial charge >= 0.3 is 5.69 Å². The van der Waals surface area contributed by atoms with Crippen LogP contribution in [-0.2, 0) is 14.3 Å². The van der Waals surface area contributed by atoms with Crippen molar-refractivity contribution in [2.45, 2.75) is 44.0 Å². The van der Waals surface area contributed by atoms with Crippen LogP contribution in [0.1, 0.15) is 20.1 Å². The first-order valence-corrected chi connectivity index (χ1v) is 6.67. The van der Waals surface area contributed by atoms with Crippen LogP contribution in [0.5, 0.6) is 0 Å². The van der Waals surface area contributed by atoms with E-state index in [-0.39, 0.29) is 0 Å². The molecule has 5 atom stereocenters. The van der Waals surface area contributed by atoms with Crippen LogP contribution in [0.4, 0.5) is 0 Å². The third-order valence-electron chi connectivity index (χ3n) is 3.83. The number of aromatic amines is 1. The molecule has 0 radical (unpaired) electrons. The topological polar surface area (TPSA) is 159 Å². The number of carbonyl (C=O) groups excluding carboxylic acids is 2. The summed E-state index contributed by atoms with van der Waals surface area (Å²) in [6, 6.07) is 0.971. The van der Waals surface area contributed by atoms with Crippen LogP contribution in [-0.4, -0.2) is 60.4 Å². The lowest BCUT2D eigenvalue weighted by Crippen LogP contribution is -2.58. The summed E-state index contributed by atoms with van der Waals surface area (Å²) in [5.74, 6) is -1.74. The van der Waals surface area contributed by atoms with Gasteiger partial charge in [0.2, 0.25) is 0 Å². The van der Waals surface area contributed by atoms with Crippen LogP contribution < -0.4 is 11.2 Å². The number of Topliss-reactive ketones (excluding diaryl/α,β-unsaturated/α-hetero) is 2. The van der Waals surface area contributed by atoms with Gasteiger partial charge in [0.1, 0.15) is 18.3 Å². The van der Waals surface area contributed by atoms with Gasteiger partial charge in [-0.3, -0.25) is 23.9 Å². The summed E-state index contributed by atoms with van der Waals surface area (Å²) in [6.07, 6.45) is -6.17. The van der Waals surface area contributed by atoms with Gasteiger partial charge in [-0.1, -0.05) is 0 Å². The molecule has 23 heavy (non-hydrogen) atoms. The Morgan fingerprint density at radius 1 is 1.39 bits per heavy atom. The first-order valence-electron chi connectivity index (χ1n) is 6.67. The molecule has 10 heteroatoms. The maximum absolute atomic E-state index is 11.8. The molecule has 0 spiro atoms. The van der Waals surface area contributed by atoms with Gasteiger partial charge in [0.15, 0.2) is 23.4 Å². The maximum Gasteiger partial charge on any atom is 0.330 e. The van der Waals surface area contributed by atoms with Gasteiger partial charge in [0.25, 0.3) is 5.56 Å². The first kappa shape index (κ1) is 17.2. The number of nitrogens with zero attached hydrogens (tertiary/aromatic N) is 1. The van der Waals surface area contributed by atoms with Gasteiger partial charge in [0, 0.05) is 12.3 Å². The predicted octanol–water partition coefficient (Wildman–Crippen LogP) is -2.94. The molecule has 1 aliphatic rings. The minimum absolute atomic E-state index is 0.694. The van der Waals surface area contributed by atoms with Crippen LogP contribution in [0.15, 0.2) is 21.9 Å². The number of ketones is 2. The Bertz CT molecular complexity index is 753. The van der Waals surface area contributed by atoms with E-state index in [9.17, 15) is 34.5 Å². The number of ether oxygens (including phenoxy) is 1. The maximum atomic E-state index is 11.8. The predicted molar refractivity (Wildman–Crippen MR) is 73.6 cm³/mol. The first-order chi connectivity index (χ1) is 10.6. The standard InChI is InChI=1S/C13H16N2O8/c1-5(16)8(19)10-13(22,6(2)17)9(20)11(23-10)15-4-3-7(18)14-12(15)21/h3-4,8-11,19-20,22H,1-2H3,(H,14,18,21)/t8?,9-,10+,11+,13-/m0/s1. The van der Waals surface area contributed by atoms with E-state index in [1.807, 2.05) is 4.98 Å². The van der Waals surface area contributed by atoms with Gasteiger partial charge < -0.3 is 20.1 Å². The second-order valence-corrected chi connectivity index (χ2v) is 5.35. The molecule has 2 rings (SSSR count). The lowest BCUT2D eigenvalue weighted by Gasteiger charge is -2.29. The van der Waals surface area contributed by atoms with Crippen LogP contribution in [0.25, 0.3) is 0 Å². The Morgan fingerprint density at radius 2 is 2.00 bits per heavy atom. The Kier molecular flexibility index (Phi) is 4.35. The molecule has 0 aromatic carbocycles. The highest BCUT2D eigenvalue weighted by Crippen LogP contribution is 2.39. The van der Waals surface area contributed by atoms with Crippen LogP contribution in [0.2, 0.25) is 0 Å². The number of hydrogen-bond acceptors (Lipinski definition) is 8. The van der Waals surface area contributed by atoms with E-state index in [0.29, 0.717) is 0 Å². The summed E-state index contributed by atoms with van der Waals surface area (Å²) < 4.78 is 5.97. The molecule has 0 saturated carbocycles. The van der Waals surface area contributed by atoms with Crippen molar-refractivity contribution in [3.63, 3.8) is 0 Å². The van der Waals surface area contributed by atoms with E-state index in [4.69, 9.17) is 4.74 Å². The van der Waals surface area contributed by atoms with Crippen molar-refractivity contribution in [1.29, 1.82) is 0 Å². The Hall–Kier alpha value is -2.14. The van der Waals surface area contributed by atoms with Crippen LogP contribution in [0.3, 0.4) is 0 Å². The van der Waals surface area contributed by atoms with E-state index in [2.05, 4.69) is 0 Å². The average Bonchev–Trinajstić information content (AvgIpc) is 2.72. The van der Waals surface area contributed by atoms with Crippen LogP contribution in [0, 0.1) is 0 Å². The number of aliphatic hydroxyl groups is 3. The van der Waals surface area contributed by atoms with Gasteiger partial charge in [-0.25, -0.2) is 4.79 Å². The van der Waals surface area contributed by atoms with E-state index in [1.165, 1.54) is 0 Å². The molecule has 0 amide bonds. The minimum atomic E-state index is -2.59. The molecule has 1 aromatic heterocycles. The van der Waals surface area contributed by atoms with Crippen molar-refractivity contribution in [2.24, 2.45) is 0 Å². The fraction of sp³-hybridized carbons (Fsp3) is 0.538. The Balaban J connectivity index is 2.53. The molecule has 4 N–H and O–H groups in total.